The van der Waals surface area contributed by atoms with Crippen molar-refractivity contribution in [2.75, 3.05) is 13.7 Å². The molecule has 2 rings (SSSR count). The van der Waals surface area contributed by atoms with Gasteiger partial charge in [0.25, 0.3) is 0 Å². The molecule has 1 fully saturated rings. The van der Waals surface area contributed by atoms with Crippen molar-refractivity contribution in [3.63, 3.8) is 0 Å². The van der Waals surface area contributed by atoms with Gasteiger partial charge in [-0.05, 0) is 11.8 Å². The third-order valence-electron chi connectivity index (χ3n) is 2.95. The number of rotatable bonds is 4. The van der Waals surface area contributed by atoms with Crippen LogP contribution in [0.15, 0.2) is 4.52 Å². The molecular weight excluding hydrogens is 194 g/mol. The van der Waals surface area contributed by atoms with Crippen LogP contribution in [0.25, 0.3) is 0 Å². The van der Waals surface area contributed by atoms with Crippen LogP contribution in [0.3, 0.4) is 0 Å². The largest absolute Gasteiger partial charge is 0.383 e. The first kappa shape index (κ1) is 10.6. The number of nitrogens with zero attached hydrogens (tertiary/aromatic N) is 2. The third-order valence-corrected chi connectivity index (χ3v) is 2.95. The average molecular weight is 211 g/mol. The second-order valence-electron chi connectivity index (χ2n) is 4.80. The summed E-state index contributed by atoms with van der Waals surface area (Å²) in [5.41, 5.74) is 6.10. The zero-order valence-electron chi connectivity index (χ0n) is 9.36. The van der Waals surface area contributed by atoms with Crippen LogP contribution in [-0.2, 0) is 4.74 Å². The fraction of sp³-hybridized carbons (Fsp3) is 0.800. The van der Waals surface area contributed by atoms with Gasteiger partial charge in [0.1, 0.15) is 0 Å². The normalized spacial score (nSPS) is 25.2. The zero-order valence-corrected chi connectivity index (χ0v) is 9.36. The van der Waals surface area contributed by atoms with E-state index in [1.807, 2.05) is 0 Å². The molecule has 1 aromatic rings. The number of nitrogens with two attached hydrogens (primary N) is 1. The summed E-state index contributed by atoms with van der Waals surface area (Å²) >= 11 is 0. The van der Waals surface area contributed by atoms with E-state index in [4.69, 9.17) is 15.0 Å². The van der Waals surface area contributed by atoms with E-state index in [0.29, 0.717) is 29.7 Å². The SMILES string of the molecule is COCC(N)c1noc(C2CC2(C)C)n1. The van der Waals surface area contributed by atoms with Crippen molar-refractivity contribution < 1.29 is 9.26 Å². The molecule has 2 unspecified atom stereocenters. The van der Waals surface area contributed by atoms with Gasteiger partial charge in [0.05, 0.1) is 12.6 Å². The van der Waals surface area contributed by atoms with Gasteiger partial charge in [0, 0.05) is 13.0 Å². The van der Waals surface area contributed by atoms with Gasteiger partial charge in [-0.2, -0.15) is 4.98 Å². The summed E-state index contributed by atoms with van der Waals surface area (Å²) in [6.07, 6.45) is 1.11. The minimum absolute atomic E-state index is 0.297. The molecule has 1 heterocycles. The Bertz CT molecular complexity index is 348. The van der Waals surface area contributed by atoms with Crippen LogP contribution in [0.5, 0.6) is 0 Å². The topological polar surface area (TPSA) is 74.2 Å². The van der Waals surface area contributed by atoms with E-state index in [9.17, 15) is 0 Å². The molecule has 0 saturated heterocycles. The molecule has 0 bridgehead atoms. The molecular formula is C10H17N3O2. The second kappa shape index (κ2) is 3.57. The fourth-order valence-corrected chi connectivity index (χ4v) is 1.68. The van der Waals surface area contributed by atoms with E-state index in [0.717, 1.165) is 6.42 Å². The first-order chi connectivity index (χ1) is 7.04. The summed E-state index contributed by atoms with van der Waals surface area (Å²) in [5.74, 6) is 1.64. The van der Waals surface area contributed by atoms with Gasteiger partial charge < -0.3 is 15.0 Å². The van der Waals surface area contributed by atoms with Gasteiger partial charge in [-0.15, -0.1) is 0 Å². The lowest BCUT2D eigenvalue weighted by atomic mass is 10.1. The smallest absolute Gasteiger partial charge is 0.230 e. The van der Waals surface area contributed by atoms with Crippen LogP contribution in [-0.4, -0.2) is 23.9 Å². The molecule has 5 heteroatoms. The Labute approximate surface area is 89.0 Å². The highest BCUT2D eigenvalue weighted by atomic mass is 16.5. The van der Waals surface area contributed by atoms with E-state index in [2.05, 4.69) is 24.0 Å². The molecule has 0 aliphatic heterocycles. The highest BCUT2D eigenvalue weighted by Gasteiger charge is 2.50. The van der Waals surface area contributed by atoms with Gasteiger partial charge in [0.15, 0.2) is 5.82 Å². The van der Waals surface area contributed by atoms with Crippen molar-refractivity contribution in [3.05, 3.63) is 11.7 Å². The first-order valence-electron chi connectivity index (χ1n) is 5.12. The van der Waals surface area contributed by atoms with Crippen molar-refractivity contribution in [2.24, 2.45) is 11.1 Å². The molecule has 2 N–H and O–H groups in total. The van der Waals surface area contributed by atoms with E-state index in [1.54, 1.807) is 7.11 Å². The quantitative estimate of drug-likeness (QED) is 0.810. The van der Waals surface area contributed by atoms with Crippen LogP contribution in [0, 0.1) is 5.41 Å². The molecule has 0 radical (unpaired) electrons. The predicted molar refractivity (Wildman–Crippen MR) is 54.2 cm³/mol. The fourth-order valence-electron chi connectivity index (χ4n) is 1.68. The van der Waals surface area contributed by atoms with Gasteiger partial charge in [-0.1, -0.05) is 19.0 Å². The third kappa shape index (κ3) is 2.03. The monoisotopic (exact) mass is 211 g/mol. The molecule has 1 aliphatic rings. The minimum atomic E-state index is -0.297. The predicted octanol–water partition coefficient (Wildman–Crippen LogP) is 1.23. The minimum Gasteiger partial charge on any atom is -0.383 e. The van der Waals surface area contributed by atoms with E-state index < -0.39 is 0 Å². The summed E-state index contributed by atoms with van der Waals surface area (Å²) < 4.78 is 10.1. The summed E-state index contributed by atoms with van der Waals surface area (Å²) in [4.78, 5) is 4.30. The van der Waals surface area contributed by atoms with Crippen LogP contribution < -0.4 is 5.73 Å². The van der Waals surface area contributed by atoms with Gasteiger partial charge >= 0.3 is 0 Å². The summed E-state index contributed by atoms with van der Waals surface area (Å²) in [6.45, 7) is 4.79. The Morgan fingerprint density at radius 3 is 2.87 bits per heavy atom. The Kier molecular flexibility index (Phi) is 2.52. The van der Waals surface area contributed by atoms with Crippen molar-refractivity contribution in [3.8, 4) is 0 Å². The maximum atomic E-state index is 5.80. The van der Waals surface area contributed by atoms with Crippen LogP contribution in [0.4, 0.5) is 0 Å². The zero-order chi connectivity index (χ0) is 11.1. The van der Waals surface area contributed by atoms with E-state index in [1.165, 1.54) is 0 Å². The maximum Gasteiger partial charge on any atom is 0.230 e. The van der Waals surface area contributed by atoms with Crippen molar-refractivity contribution in [2.45, 2.75) is 32.2 Å². The lowest BCUT2D eigenvalue weighted by Crippen LogP contribution is -2.17. The molecule has 1 aliphatic carbocycles. The number of hydrogen-bond donors (Lipinski definition) is 1. The molecule has 84 valence electrons. The summed E-state index contributed by atoms with van der Waals surface area (Å²) in [6, 6.07) is -0.297. The molecule has 0 aromatic carbocycles. The Balaban J connectivity index is 2.05. The van der Waals surface area contributed by atoms with E-state index >= 15 is 0 Å². The van der Waals surface area contributed by atoms with Crippen molar-refractivity contribution in [1.82, 2.24) is 10.1 Å². The van der Waals surface area contributed by atoms with Crippen LogP contribution in [0.2, 0.25) is 0 Å². The molecule has 0 spiro atoms. The highest BCUT2D eigenvalue weighted by Crippen LogP contribution is 2.58. The lowest BCUT2D eigenvalue weighted by Gasteiger charge is -2.03. The average Bonchev–Trinajstić information content (AvgIpc) is 2.66. The summed E-state index contributed by atoms with van der Waals surface area (Å²) in [7, 11) is 1.60. The van der Waals surface area contributed by atoms with Crippen LogP contribution >= 0.6 is 0 Å². The van der Waals surface area contributed by atoms with Gasteiger partial charge in [0.2, 0.25) is 5.89 Å². The summed E-state index contributed by atoms with van der Waals surface area (Å²) in [5, 5.41) is 3.87. The molecule has 1 aromatic heterocycles. The molecule has 15 heavy (non-hydrogen) atoms. The Morgan fingerprint density at radius 2 is 2.33 bits per heavy atom. The Hall–Kier alpha value is -0.940. The van der Waals surface area contributed by atoms with E-state index in [-0.39, 0.29) is 6.04 Å². The first-order valence-corrected chi connectivity index (χ1v) is 5.12. The standard InChI is InChI=1S/C10H17N3O2/c1-10(2)4-6(10)9-12-8(13-15-9)7(11)5-14-3/h6-7H,4-5,11H2,1-3H3. The molecule has 2 atom stereocenters. The number of ether oxygens (including phenoxy) is 1. The maximum absolute atomic E-state index is 5.80. The van der Waals surface area contributed by atoms with Crippen LogP contribution in [0.1, 0.15) is 43.9 Å². The number of hydrogen-bond acceptors (Lipinski definition) is 5. The van der Waals surface area contributed by atoms with Gasteiger partial charge in [-0.25, -0.2) is 0 Å². The van der Waals surface area contributed by atoms with Crippen molar-refractivity contribution >= 4 is 0 Å². The Morgan fingerprint density at radius 1 is 1.67 bits per heavy atom. The molecule has 5 nitrogen and oxygen atoms in total. The molecule has 1 saturated carbocycles. The number of aromatic nitrogens is 2. The lowest BCUT2D eigenvalue weighted by molar-refractivity contribution is 0.177. The van der Waals surface area contributed by atoms with Gasteiger partial charge in [-0.3, -0.25) is 0 Å². The second-order valence-corrected chi connectivity index (χ2v) is 4.80. The number of methoxy groups -OCH3 is 1. The van der Waals surface area contributed by atoms with Crippen molar-refractivity contribution in [1.29, 1.82) is 0 Å². The highest BCUT2D eigenvalue weighted by molar-refractivity contribution is 5.13. The molecule has 0 amide bonds.